The first kappa shape index (κ1) is 31.3. The Kier molecular flexibility index (Phi) is 8.58. The van der Waals surface area contributed by atoms with Crippen LogP contribution in [0.15, 0.2) is 54.7 Å². The maximum Gasteiger partial charge on any atom is 0.413 e. The van der Waals surface area contributed by atoms with Crippen molar-refractivity contribution in [2.24, 2.45) is 0 Å². The lowest BCUT2D eigenvalue weighted by Gasteiger charge is -2.22. The summed E-state index contributed by atoms with van der Waals surface area (Å²) in [5, 5.41) is 14.1. The fourth-order valence-corrected chi connectivity index (χ4v) is 7.61. The third kappa shape index (κ3) is 7.18. The first-order valence-corrected chi connectivity index (χ1v) is 16.8. The van der Waals surface area contributed by atoms with Gasteiger partial charge in [-0.15, -0.1) is 11.3 Å². The van der Waals surface area contributed by atoms with Crippen LogP contribution in [-0.2, 0) is 20.4 Å². The second-order valence-corrected chi connectivity index (χ2v) is 15.4. The predicted molar refractivity (Wildman–Crippen MR) is 171 cm³/mol. The summed E-state index contributed by atoms with van der Waals surface area (Å²) in [6.45, 7) is 8.96. The van der Waals surface area contributed by atoms with E-state index in [1.807, 2.05) is 43.3 Å². The summed E-state index contributed by atoms with van der Waals surface area (Å²) in [7, 11) is -3.68. The minimum Gasteiger partial charge on any atom is -0.444 e. The molecular formula is C31H35ClN4O5S2. The summed E-state index contributed by atoms with van der Waals surface area (Å²) >= 11 is 8.05. The fourth-order valence-electron chi connectivity index (χ4n) is 4.57. The van der Waals surface area contributed by atoms with Crippen molar-refractivity contribution in [3.8, 4) is 11.3 Å². The average Bonchev–Trinajstić information content (AvgIpc) is 3.72. The Morgan fingerprint density at radius 1 is 1.16 bits per heavy atom. The summed E-state index contributed by atoms with van der Waals surface area (Å²) in [6, 6.07) is 13.6. The number of sulfonamides is 1. The zero-order chi connectivity index (χ0) is 31.2. The molecule has 1 fully saturated rings. The van der Waals surface area contributed by atoms with Crippen molar-refractivity contribution in [3.05, 3.63) is 75.9 Å². The highest BCUT2D eigenvalue weighted by molar-refractivity contribution is 7.90. The molecule has 1 saturated carbocycles. The Hall–Kier alpha value is -3.09. The van der Waals surface area contributed by atoms with Gasteiger partial charge in [-0.25, -0.2) is 22.9 Å². The van der Waals surface area contributed by atoms with Crippen LogP contribution in [0.5, 0.6) is 0 Å². The molecule has 9 nitrogen and oxygen atoms in total. The number of nitrogens with one attached hydrogen (secondary N) is 2. The molecule has 3 heterocycles. The van der Waals surface area contributed by atoms with E-state index in [4.69, 9.17) is 16.3 Å². The number of anilines is 1. The first-order chi connectivity index (χ1) is 20.2. The molecule has 3 N–H and O–H groups in total. The smallest absolute Gasteiger partial charge is 0.413 e. The van der Waals surface area contributed by atoms with Gasteiger partial charge in [0.25, 0.3) is 0 Å². The van der Waals surface area contributed by atoms with Crippen LogP contribution in [0.2, 0.25) is 5.02 Å². The van der Waals surface area contributed by atoms with Crippen LogP contribution < -0.4 is 10.0 Å². The van der Waals surface area contributed by atoms with Crippen LogP contribution in [0.4, 0.5) is 10.6 Å². The van der Waals surface area contributed by atoms with Gasteiger partial charge in [0.05, 0.1) is 33.3 Å². The number of carbonyl (C=O) groups excluding carboxylic acids is 1. The number of hydrogen-bond acceptors (Lipinski definition) is 8. The van der Waals surface area contributed by atoms with Gasteiger partial charge in [0, 0.05) is 21.3 Å². The second kappa shape index (κ2) is 11.8. The van der Waals surface area contributed by atoms with Gasteiger partial charge in [0.1, 0.15) is 11.4 Å². The van der Waals surface area contributed by atoms with E-state index in [-0.39, 0.29) is 16.5 Å². The Bertz CT molecular complexity index is 1780. The number of halogens is 1. The number of carbonyl (C=O) groups is 1. The normalized spacial score (nSPS) is 16.1. The van der Waals surface area contributed by atoms with Gasteiger partial charge in [0.2, 0.25) is 10.0 Å². The van der Waals surface area contributed by atoms with E-state index >= 15 is 0 Å². The molecule has 0 radical (unpaired) electrons. The molecule has 5 rings (SSSR count). The second-order valence-electron chi connectivity index (χ2n) is 11.9. The maximum absolute atomic E-state index is 13.2. The lowest BCUT2D eigenvalue weighted by atomic mass is 9.93. The zero-order valence-corrected chi connectivity index (χ0v) is 27.0. The first-order valence-electron chi connectivity index (χ1n) is 14.1. The summed E-state index contributed by atoms with van der Waals surface area (Å²) < 4.78 is 35.6. The Balaban J connectivity index is 1.59. The van der Waals surface area contributed by atoms with E-state index in [1.165, 1.54) is 17.4 Å². The van der Waals surface area contributed by atoms with E-state index in [0.29, 0.717) is 29.8 Å². The van der Waals surface area contributed by atoms with Gasteiger partial charge in [-0.05, 0) is 88.2 Å². The zero-order valence-electron chi connectivity index (χ0n) is 24.6. The van der Waals surface area contributed by atoms with E-state index < -0.39 is 38.6 Å². The van der Waals surface area contributed by atoms with E-state index in [1.54, 1.807) is 40.0 Å². The molecule has 12 heteroatoms. The third-order valence-corrected chi connectivity index (χ3v) is 10.7. The van der Waals surface area contributed by atoms with Gasteiger partial charge in [0.15, 0.2) is 0 Å². The molecule has 2 unspecified atom stereocenters. The van der Waals surface area contributed by atoms with Crippen LogP contribution in [0, 0.1) is 0 Å². The molecule has 0 bridgehead atoms. The van der Waals surface area contributed by atoms with Gasteiger partial charge >= 0.3 is 6.09 Å². The molecule has 1 aliphatic carbocycles. The van der Waals surface area contributed by atoms with Crippen molar-refractivity contribution < 1.29 is 23.1 Å². The largest absolute Gasteiger partial charge is 0.444 e. The van der Waals surface area contributed by atoms with Gasteiger partial charge in [-0.3, -0.25) is 10.3 Å². The molecule has 3 aromatic heterocycles. The molecule has 228 valence electrons. The number of ether oxygens (including phenoxy) is 1. The molecule has 1 amide bonds. The molecule has 43 heavy (non-hydrogen) atoms. The summed E-state index contributed by atoms with van der Waals surface area (Å²) in [5.41, 5.74) is 0.850. The highest BCUT2D eigenvalue weighted by Gasteiger charge is 2.39. The Morgan fingerprint density at radius 3 is 2.58 bits per heavy atom. The quantitative estimate of drug-likeness (QED) is 0.177. The van der Waals surface area contributed by atoms with Gasteiger partial charge < -0.3 is 9.84 Å². The van der Waals surface area contributed by atoms with Crippen molar-refractivity contribution in [1.29, 1.82) is 0 Å². The van der Waals surface area contributed by atoms with Crippen LogP contribution in [0.1, 0.15) is 76.1 Å². The number of fused-ring (bicyclic) bond motifs is 1. The molecule has 0 spiro atoms. The standard InChI is InChI=1S/C31H35ClN4O5S2/c1-6-31(5,38)19-14-15-33-23(17-19)21-9-7-8-18-16-24(42-28(18)21)27(36-43(39,40)20-10-11-20)26-22(32)12-13-25(34-26)35-29(37)41-30(2,3)4/h7-9,12-17,20,27,36,38H,6,10-11H2,1-5H3,(H,34,35,37). The van der Waals surface area contributed by atoms with Crippen molar-refractivity contribution in [2.75, 3.05) is 5.32 Å². The lowest BCUT2D eigenvalue weighted by molar-refractivity contribution is 0.0530. The van der Waals surface area contributed by atoms with E-state index in [0.717, 1.165) is 21.2 Å². The monoisotopic (exact) mass is 642 g/mol. The fraction of sp³-hybridized carbons (Fsp3) is 0.387. The molecule has 0 aliphatic heterocycles. The minimum absolute atomic E-state index is 0.176. The van der Waals surface area contributed by atoms with Crippen LogP contribution in [0.3, 0.4) is 0 Å². The molecule has 4 aromatic rings. The molecule has 0 saturated heterocycles. The van der Waals surface area contributed by atoms with E-state index in [9.17, 15) is 18.3 Å². The topological polar surface area (TPSA) is 131 Å². The highest BCUT2D eigenvalue weighted by atomic mass is 35.5. The van der Waals surface area contributed by atoms with Gasteiger partial charge in [-0.2, -0.15) is 0 Å². The van der Waals surface area contributed by atoms with Crippen molar-refractivity contribution in [3.63, 3.8) is 0 Å². The molecule has 1 aliphatic rings. The number of aromatic nitrogens is 2. The Morgan fingerprint density at radius 2 is 1.91 bits per heavy atom. The van der Waals surface area contributed by atoms with Crippen LogP contribution >= 0.6 is 22.9 Å². The SMILES string of the molecule is CCC(C)(O)c1ccnc(-c2cccc3cc(C(NS(=O)(=O)C4CC4)c4nc(NC(=O)OC(C)(C)C)ccc4Cl)sc23)c1. The van der Waals surface area contributed by atoms with Crippen molar-refractivity contribution in [1.82, 2.24) is 14.7 Å². The summed E-state index contributed by atoms with van der Waals surface area (Å²) in [5.74, 6) is 0.176. The summed E-state index contributed by atoms with van der Waals surface area (Å²) in [4.78, 5) is 22.3. The molecule has 2 atom stereocenters. The maximum atomic E-state index is 13.2. The number of aliphatic hydroxyl groups is 1. The molecule has 1 aromatic carbocycles. The number of hydrogen-bond donors (Lipinski definition) is 3. The minimum atomic E-state index is -3.68. The number of nitrogens with zero attached hydrogens (tertiary/aromatic N) is 2. The van der Waals surface area contributed by atoms with Crippen molar-refractivity contribution >= 4 is 55.0 Å². The highest BCUT2D eigenvalue weighted by Crippen LogP contribution is 2.41. The van der Waals surface area contributed by atoms with Crippen LogP contribution in [-0.4, -0.2) is 40.4 Å². The molecular weight excluding hydrogens is 608 g/mol. The third-order valence-electron chi connectivity index (χ3n) is 7.21. The number of benzene rings is 1. The lowest BCUT2D eigenvalue weighted by Crippen LogP contribution is -2.32. The number of amides is 1. The van der Waals surface area contributed by atoms with Crippen LogP contribution in [0.25, 0.3) is 21.3 Å². The van der Waals surface area contributed by atoms with Gasteiger partial charge in [-0.1, -0.05) is 36.7 Å². The van der Waals surface area contributed by atoms with Crippen molar-refractivity contribution in [2.45, 2.75) is 76.4 Å². The summed E-state index contributed by atoms with van der Waals surface area (Å²) in [6.07, 6.45) is 2.71. The number of pyridine rings is 2. The number of thiophene rings is 1. The number of rotatable bonds is 9. The average molecular weight is 643 g/mol. The Labute approximate surface area is 260 Å². The van der Waals surface area contributed by atoms with E-state index in [2.05, 4.69) is 20.0 Å². The predicted octanol–water partition coefficient (Wildman–Crippen LogP) is 7.15.